The Bertz CT molecular complexity index is 382. The van der Waals surface area contributed by atoms with Crippen LogP contribution in [-0.4, -0.2) is 41.5 Å². The molecule has 5 nitrogen and oxygen atoms in total. The molecule has 2 unspecified atom stereocenters. The molecule has 0 bridgehead atoms. The van der Waals surface area contributed by atoms with Gasteiger partial charge in [-0.15, -0.1) is 11.6 Å². The summed E-state index contributed by atoms with van der Waals surface area (Å²) in [7, 11) is 2.83. The third-order valence-electron chi connectivity index (χ3n) is 2.37. The Morgan fingerprint density at radius 2 is 1.88 bits per heavy atom. The van der Waals surface area contributed by atoms with Crippen LogP contribution >= 0.6 is 11.6 Å². The molecule has 1 rings (SSSR count). The van der Waals surface area contributed by atoms with E-state index in [9.17, 15) is 15.3 Å². The second kappa shape index (κ2) is 5.95. The van der Waals surface area contributed by atoms with Crippen LogP contribution < -0.4 is 9.47 Å². The SMILES string of the molecule is COc1cc(O)c(C(O)C(O)CCl)c(OC)c1. The molecule has 0 aromatic heterocycles. The molecule has 0 aliphatic heterocycles. The molecule has 1 aromatic carbocycles. The molecule has 1 aromatic rings. The van der Waals surface area contributed by atoms with Crippen molar-refractivity contribution in [2.24, 2.45) is 0 Å². The molecule has 0 radical (unpaired) electrons. The average Bonchev–Trinajstić information content (AvgIpc) is 2.35. The number of alkyl halides is 1. The van der Waals surface area contributed by atoms with Crippen molar-refractivity contribution >= 4 is 11.6 Å². The fraction of sp³-hybridized carbons (Fsp3) is 0.455. The van der Waals surface area contributed by atoms with E-state index in [1.807, 2.05) is 0 Å². The summed E-state index contributed by atoms with van der Waals surface area (Å²) in [5.41, 5.74) is 0.0847. The Morgan fingerprint density at radius 3 is 2.35 bits per heavy atom. The molecule has 2 atom stereocenters. The quantitative estimate of drug-likeness (QED) is 0.691. The summed E-state index contributed by atoms with van der Waals surface area (Å²) in [6.07, 6.45) is -2.52. The van der Waals surface area contributed by atoms with E-state index >= 15 is 0 Å². The van der Waals surface area contributed by atoms with Gasteiger partial charge in [-0.3, -0.25) is 0 Å². The van der Waals surface area contributed by atoms with Crippen LogP contribution in [0.3, 0.4) is 0 Å². The molecule has 3 N–H and O–H groups in total. The van der Waals surface area contributed by atoms with Gasteiger partial charge in [-0.05, 0) is 0 Å². The number of aromatic hydroxyl groups is 1. The Balaban J connectivity index is 3.22. The van der Waals surface area contributed by atoms with Gasteiger partial charge in [-0.25, -0.2) is 0 Å². The number of phenols is 1. The lowest BCUT2D eigenvalue weighted by atomic mass is 10.0. The molecule has 96 valence electrons. The van der Waals surface area contributed by atoms with Crippen LogP contribution in [0.1, 0.15) is 11.7 Å². The second-order valence-corrected chi connectivity index (χ2v) is 3.74. The van der Waals surface area contributed by atoms with E-state index in [2.05, 4.69) is 0 Å². The molecule has 0 fully saturated rings. The predicted molar refractivity (Wildman–Crippen MR) is 62.9 cm³/mol. The number of aliphatic hydroxyl groups is 2. The molecule has 17 heavy (non-hydrogen) atoms. The molecule has 0 saturated carbocycles. The number of hydrogen-bond acceptors (Lipinski definition) is 5. The summed E-state index contributed by atoms with van der Waals surface area (Å²) >= 11 is 5.45. The van der Waals surface area contributed by atoms with Gasteiger partial charge in [0.25, 0.3) is 0 Å². The maximum absolute atomic E-state index is 9.83. The van der Waals surface area contributed by atoms with Gasteiger partial charge >= 0.3 is 0 Å². The maximum atomic E-state index is 9.83. The van der Waals surface area contributed by atoms with Crippen LogP contribution in [0.15, 0.2) is 12.1 Å². The van der Waals surface area contributed by atoms with Gasteiger partial charge < -0.3 is 24.8 Å². The zero-order chi connectivity index (χ0) is 13.0. The van der Waals surface area contributed by atoms with E-state index in [-0.39, 0.29) is 22.9 Å². The fourth-order valence-corrected chi connectivity index (χ4v) is 1.62. The molecular weight excluding hydrogens is 248 g/mol. The van der Waals surface area contributed by atoms with Gasteiger partial charge in [0.05, 0.1) is 31.8 Å². The molecule has 6 heteroatoms. The highest BCUT2D eigenvalue weighted by Gasteiger charge is 2.25. The standard InChI is InChI=1S/C11H15ClO5/c1-16-6-3-7(13)10(9(4-6)17-2)11(15)8(14)5-12/h3-4,8,11,13-15H,5H2,1-2H3. The van der Waals surface area contributed by atoms with Crippen molar-refractivity contribution in [2.45, 2.75) is 12.2 Å². The van der Waals surface area contributed by atoms with Crippen molar-refractivity contribution in [2.75, 3.05) is 20.1 Å². The van der Waals surface area contributed by atoms with Crippen LogP contribution in [0.5, 0.6) is 17.2 Å². The summed E-state index contributed by atoms with van der Waals surface area (Å²) in [4.78, 5) is 0. The van der Waals surface area contributed by atoms with Crippen LogP contribution in [0, 0.1) is 0 Å². The normalized spacial score (nSPS) is 14.2. The van der Waals surface area contributed by atoms with Crippen LogP contribution in [0.25, 0.3) is 0 Å². The molecule has 0 amide bonds. The fourth-order valence-electron chi connectivity index (χ4n) is 1.45. The summed E-state index contributed by atoms with van der Waals surface area (Å²) < 4.78 is 9.98. The van der Waals surface area contributed by atoms with Gasteiger partial charge in [-0.1, -0.05) is 0 Å². The monoisotopic (exact) mass is 262 g/mol. The van der Waals surface area contributed by atoms with Gasteiger partial charge in [0, 0.05) is 12.1 Å². The molecule has 0 saturated heterocycles. The number of rotatable bonds is 5. The largest absolute Gasteiger partial charge is 0.507 e. The Morgan fingerprint density at radius 1 is 1.24 bits per heavy atom. The number of benzene rings is 1. The third kappa shape index (κ3) is 2.94. The highest BCUT2D eigenvalue weighted by molar-refractivity contribution is 6.18. The zero-order valence-electron chi connectivity index (χ0n) is 9.55. The minimum atomic E-state index is -1.33. The average molecular weight is 263 g/mol. The number of aliphatic hydroxyl groups excluding tert-OH is 2. The Hall–Kier alpha value is -1.17. The topological polar surface area (TPSA) is 79.2 Å². The van der Waals surface area contributed by atoms with Crippen molar-refractivity contribution in [1.82, 2.24) is 0 Å². The Kier molecular flexibility index (Phi) is 4.86. The minimum absolute atomic E-state index is 0.0847. The lowest BCUT2D eigenvalue weighted by Gasteiger charge is -2.20. The molecule has 0 aliphatic carbocycles. The number of hydrogen-bond donors (Lipinski definition) is 3. The highest BCUT2D eigenvalue weighted by Crippen LogP contribution is 2.38. The molecular formula is C11H15ClO5. The lowest BCUT2D eigenvalue weighted by molar-refractivity contribution is 0.0296. The van der Waals surface area contributed by atoms with Crippen LogP contribution in [-0.2, 0) is 0 Å². The summed E-state index contributed by atoms with van der Waals surface area (Å²) in [6, 6.07) is 2.82. The smallest absolute Gasteiger partial charge is 0.132 e. The van der Waals surface area contributed by atoms with E-state index in [1.54, 1.807) is 0 Å². The van der Waals surface area contributed by atoms with Gasteiger partial charge in [0.2, 0.25) is 0 Å². The van der Waals surface area contributed by atoms with Crippen molar-refractivity contribution in [3.8, 4) is 17.2 Å². The summed E-state index contributed by atoms with van der Waals surface area (Å²) in [6.45, 7) is 0. The first-order chi connectivity index (χ1) is 8.04. The van der Waals surface area contributed by atoms with Crippen molar-refractivity contribution in [3.63, 3.8) is 0 Å². The number of halogens is 1. The molecule has 0 spiro atoms. The highest BCUT2D eigenvalue weighted by atomic mass is 35.5. The van der Waals surface area contributed by atoms with Crippen molar-refractivity contribution in [3.05, 3.63) is 17.7 Å². The predicted octanol–water partition coefficient (Wildman–Crippen LogP) is 1.04. The number of methoxy groups -OCH3 is 2. The third-order valence-corrected chi connectivity index (χ3v) is 2.68. The zero-order valence-corrected chi connectivity index (χ0v) is 10.3. The van der Waals surface area contributed by atoms with Gasteiger partial charge in [0.15, 0.2) is 0 Å². The van der Waals surface area contributed by atoms with Crippen molar-refractivity contribution < 1.29 is 24.8 Å². The number of ether oxygens (including phenoxy) is 2. The van der Waals surface area contributed by atoms with Crippen molar-refractivity contribution in [1.29, 1.82) is 0 Å². The minimum Gasteiger partial charge on any atom is -0.507 e. The first kappa shape index (κ1) is 13.9. The number of phenolic OH excluding ortho intramolecular Hbond substituents is 1. The van der Waals surface area contributed by atoms with E-state index < -0.39 is 12.2 Å². The second-order valence-electron chi connectivity index (χ2n) is 3.43. The van der Waals surface area contributed by atoms with E-state index in [0.29, 0.717) is 5.75 Å². The summed E-state index contributed by atoms with van der Waals surface area (Å²) in [5.74, 6) is 0.225. The van der Waals surface area contributed by atoms with E-state index in [4.69, 9.17) is 21.1 Å². The van der Waals surface area contributed by atoms with E-state index in [0.717, 1.165) is 0 Å². The van der Waals surface area contributed by atoms with Gasteiger partial charge in [-0.2, -0.15) is 0 Å². The molecule has 0 aliphatic rings. The lowest BCUT2D eigenvalue weighted by Crippen LogP contribution is -2.20. The van der Waals surface area contributed by atoms with E-state index in [1.165, 1.54) is 26.4 Å². The first-order valence-corrected chi connectivity index (χ1v) is 5.45. The molecule has 0 heterocycles. The maximum Gasteiger partial charge on any atom is 0.132 e. The summed E-state index contributed by atoms with van der Waals surface area (Å²) in [5, 5.41) is 29.1. The van der Waals surface area contributed by atoms with Crippen LogP contribution in [0.4, 0.5) is 0 Å². The first-order valence-electron chi connectivity index (χ1n) is 4.92. The van der Waals surface area contributed by atoms with Gasteiger partial charge in [0.1, 0.15) is 23.4 Å². The van der Waals surface area contributed by atoms with Crippen LogP contribution in [0.2, 0.25) is 0 Å². The Labute approximate surface area is 104 Å².